The van der Waals surface area contributed by atoms with E-state index in [4.69, 9.17) is 5.73 Å². The SMILES string of the molecule is CNC(=O)c1cc(S(=O)(=O)Nc2ccc(N)nc2)cn1C. The number of rotatable bonds is 4. The molecule has 0 aliphatic carbocycles. The van der Waals surface area contributed by atoms with Crippen LogP contribution in [0.25, 0.3) is 0 Å². The van der Waals surface area contributed by atoms with Crippen LogP contribution < -0.4 is 15.8 Å². The first-order valence-corrected chi connectivity index (χ1v) is 7.44. The van der Waals surface area contributed by atoms with Gasteiger partial charge < -0.3 is 15.6 Å². The number of nitrogen functional groups attached to an aromatic ring is 1. The van der Waals surface area contributed by atoms with Crippen molar-refractivity contribution in [3.63, 3.8) is 0 Å². The van der Waals surface area contributed by atoms with Crippen LogP contribution >= 0.6 is 0 Å². The number of hydrogen-bond donors (Lipinski definition) is 3. The molecule has 112 valence electrons. The summed E-state index contributed by atoms with van der Waals surface area (Å²) in [7, 11) is -0.736. The van der Waals surface area contributed by atoms with E-state index in [-0.39, 0.29) is 22.2 Å². The van der Waals surface area contributed by atoms with Crippen molar-refractivity contribution in [2.45, 2.75) is 4.90 Å². The predicted octanol–water partition coefficient (Wildman–Crippen LogP) is 0.163. The minimum Gasteiger partial charge on any atom is -0.384 e. The Hall–Kier alpha value is -2.55. The van der Waals surface area contributed by atoms with Gasteiger partial charge in [0.25, 0.3) is 15.9 Å². The van der Waals surface area contributed by atoms with Crippen LogP contribution in [0.4, 0.5) is 11.5 Å². The molecule has 0 bridgehead atoms. The quantitative estimate of drug-likeness (QED) is 0.743. The van der Waals surface area contributed by atoms with E-state index in [1.54, 1.807) is 7.05 Å². The Morgan fingerprint density at radius 2 is 2.10 bits per heavy atom. The van der Waals surface area contributed by atoms with Gasteiger partial charge in [0.2, 0.25) is 0 Å². The van der Waals surface area contributed by atoms with Crippen molar-refractivity contribution in [1.29, 1.82) is 0 Å². The Morgan fingerprint density at radius 3 is 2.67 bits per heavy atom. The third-order valence-corrected chi connectivity index (χ3v) is 4.14. The Kier molecular flexibility index (Phi) is 3.85. The minimum absolute atomic E-state index is 0.0135. The lowest BCUT2D eigenvalue weighted by Crippen LogP contribution is -2.20. The second-order valence-electron chi connectivity index (χ2n) is 4.33. The van der Waals surface area contributed by atoms with Gasteiger partial charge in [-0.1, -0.05) is 0 Å². The molecule has 0 unspecified atom stereocenters. The van der Waals surface area contributed by atoms with E-state index < -0.39 is 10.0 Å². The maximum atomic E-state index is 12.2. The zero-order valence-corrected chi connectivity index (χ0v) is 12.3. The Labute approximate surface area is 122 Å². The monoisotopic (exact) mass is 309 g/mol. The van der Waals surface area contributed by atoms with Crippen LogP contribution in [0.5, 0.6) is 0 Å². The molecule has 0 saturated heterocycles. The molecule has 0 saturated carbocycles. The zero-order chi connectivity index (χ0) is 15.6. The molecule has 0 aliphatic heterocycles. The van der Waals surface area contributed by atoms with E-state index in [2.05, 4.69) is 15.0 Å². The maximum absolute atomic E-state index is 12.2. The van der Waals surface area contributed by atoms with Gasteiger partial charge in [-0.15, -0.1) is 0 Å². The molecule has 4 N–H and O–H groups in total. The van der Waals surface area contributed by atoms with Crippen LogP contribution in [0.1, 0.15) is 10.5 Å². The normalized spacial score (nSPS) is 11.1. The van der Waals surface area contributed by atoms with Crippen molar-refractivity contribution in [3.05, 3.63) is 36.3 Å². The lowest BCUT2D eigenvalue weighted by molar-refractivity contribution is 0.0955. The number of amides is 1. The third kappa shape index (κ3) is 3.14. The molecular formula is C12H15N5O3S. The highest BCUT2D eigenvalue weighted by atomic mass is 32.2. The smallest absolute Gasteiger partial charge is 0.267 e. The van der Waals surface area contributed by atoms with Crippen LogP contribution in [-0.2, 0) is 17.1 Å². The largest absolute Gasteiger partial charge is 0.384 e. The van der Waals surface area contributed by atoms with Gasteiger partial charge in [0.05, 0.1) is 11.9 Å². The number of pyridine rings is 1. The molecule has 2 aromatic rings. The summed E-state index contributed by atoms with van der Waals surface area (Å²) >= 11 is 0. The molecule has 9 heteroatoms. The number of nitrogens with two attached hydrogens (primary N) is 1. The van der Waals surface area contributed by atoms with Crippen molar-refractivity contribution in [1.82, 2.24) is 14.9 Å². The van der Waals surface area contributed by atoms with Crippen LogP contribution in [0.2, 0.25) is 0 Å². The summed E-state index contributed by atoms with van der Waals surface area (Å²) < 4.78 is 28.3. The molecular weight excluding hydrogens is 294 g/mol. The van der Waals surface area contributed by atoms with E-state index in [1.807, 2.05) is 0 Å². The zero-order valence-electron chi connectivity index (χ0n) is 11.5. The fraction of sp³-hybridized carbons (Fsp3) is 0.167. The topological polar surface area (TPSA) is 119 Å². The van der Waals surface area contributed by atoms with Gasteiger partial charge in [0, 0.05) is 20.3 Å². The first kappa shape index (κ1) is 14.9. The molecule has 0 aromatic carbocycles. The number of nitrogens with zero attached hydrogens (tertiary/aromatic N) is 2. The van der Waals surface area contributed by atoms with Crippen molar-refractivity contribution < 1.29 is 13.2 Å². The molecule has 2 aromatic heterocycles. The summed E-state index contributed by atoms with van der Waals surface area (Å²) in [5, 5.41) is 2.44. The lowest BCUT2D eigenvalue weighted by Gasteiger charge is -2.05. The fourth-order valence-corrected chi connectivity index (χ4v) is 2.83. The first-order chi connectivity index (χ1) is 9.83. The number of carbonyl (C=O) groups excluding carboxylic acids is 1. The molecule has 0 aliphatic rings. The van der Waals surface area contributed by atoms with Crippen LogP contribution in [0.15, 0.2) is 35.5 Å². The van der Waals surface area contributed by atoms with Crippen LogP contribution in [-0.4, -0.2) is 30.9 Å². The minimum atomic E-state index is -3.80. The fourth-order valence-electron chi connectivity index (χ4n) is 1.71. The Balaban J connectivity index is 2.31. The number of aryl methyl sites for hydroxylation is 1. The number of aromatic nitrogens is 2. The molecule has 2 heterocycles. The number of sulfonamides is 1. The average Bonchev–Trinajstić information content (AvgIpc) is 2.83. The van der Waals surface area contributed by atoms with E-state index in [1.165, 1.54) is 42.2 Å². The maximum Gasteiger partial charge on any atom is 0.267 e. The summed E-state index contributed by atoms with van der Waals surface area (Å²) in [4.78, 5) is 15.4. The highest BCUT2D eigenvalue weighted by molar-refractivity contribution is 7.92. The van der Waals surface area contributed by atoms with Crippen LogP contribution in [0, 0.1) is 0 Å². The van der Waals surface area contributed by atoms with E-state index >= 15 is 0 Å². The van der Waals surface area contributed by atoms with Crippen molar-refractivity contribution in [2.75, 3.05) is 17.5 Å². The molecule has 0 radical (unpaired) electrons. The average molecular weight is 309 g/mol. The predicted molar refractivity (Wildman–Crippen MR) is 78.3 cm³/mol. The van der Waals surface area contributed by atoms with E-state index in [0.29, 0.717) is 5.82 Å². The standard InChI is InChI=1S/C12H15N5O3S/c1-14-12(18)10-5-9(7-17(10)2)21(19,20)16-8-3-4-11(13)15-6-8/h3-7,16H,1-2H3,(H2,13,15)(H,14,18). The second kappa shape index (κ2) is 5.44. The van der Waals surface area contributed by atoms with Gasteiger partial charge in [0.15, 0.2) is 0 Å². The summed E-state index contributed by atoms with van der Waals surface area (Å²) in [5.74, 6) is -0.0762. The van der Waals surface area contributed by atoms with Gasteiger partial charge in [-0.25, -0.2) is 13.4 Å². The second-order valence-corrected chi connectivity index (χ2v) is 6.01. The van der Waals surface area contributed by atoms with E-state index in [0.717, 1.165) is 0 Å². The highest BCUT2D eigenvalue weighted by Crippen LogP contribution is 2.18. The molecule has 2 rings (SSSR count). The summed E-state index contributed by atoms with van der Waals surface area (Å²) in [6, 6.07) is 4.28. The highest BCUT2D eigenvalue weighted by Gasteiger charge is 2.20. The number of nitrogens with one attached hydrogen (secondary N) is 2. The van der Waals surface area contributed by atoms with Gasteiger partial charge in [0.1, 0.15) is 16.4 Å². The summed E-state index contributed by atoms with van der Waals surface area (Å²) in [6.07, 6.45) is 2.67. The van der Waals surface area contributed by atoms with Crippen molar-refractivity contribution in [3.8, 4) is 0 Å². The van der Waals surface area contributed by atoms with Gasteiger partial charge in [-0.05, 0) is 18.2 Å². The lowest BCUT2D eigenvalue weighted by atomic mass is 10.4. The third-order valence-electron chi connectivity index (χ3n) is 2.79. The van der Waals surface area contributed by atoms with Crippen molar-refractivity contribution >= 4 is 27.4 Å². The number of anilines is 2. The Bertz CT molecular complexity index is 765. The summed E-state index contributed by atoms with van der Waals surface area (Å²) in [5.41, 5.74) is 5.97. The van der Waals surface area contributed by atoms with Crippen molar-refractivity contribution in [2.24, 2.45) is 7.05 Å². The summed E-state index contributed by atoms with van der Waals surface area (Å²) in [6.45, 7) is 0. The molecule has 0 fully saturated rings. The number of carbonyl (C=O) groups is 1. The molecule has 0 spiro atoms. The van der Waals surface area contributed by atoms with Gasteiger partial charge in [-0.2, -0.15) is 0 Å². The first-order valence-electron chi connectivity index (χ1n) is 5.96. The van der Waals surface area contributed by atoms with Gasteiger partial charge in [-0.3, -0.25) is 9.52 Å². The van der Waals surface area contributed by atoms with Gasteiger partial charge >= 0.3 is 0 Å². The van der Waals surface area contributed by atoms with Crippen LogP contribution in [0.3, 0.4) is 0 Å². The molecule has 0 atom stereocenters. The number of hydrogen-bond acceptors (Lipinski definition) is 5. The molecule has 1 amide bonds. The molecule has 21 heavy (non-hydrogen) atoms. The molecule has 8 nitrogen and oxygen atoms in total. The van der Waals surface area contributed by atoms with E-state index in [9.17, 15) is 13.2 Å². The Morgan fingerprint density at radius 1 is 1.38 bits per heavy atom.